The van der Waals surface area contributed by atoms with Crippen molar-refractivity contribution in [3.8, 4) is 0 Å². The summed E-state index contributed by atoms with van der Waals surface area (Å²) in [5.74, 6) is 0.857. The second-order valence-electron chi connectivity index (χ2n) is 5.88. The number of guanidine groups is 1. The molecular weight excluding hydrogens is 320 g/mol. The Balaban J connectivity index is 1.86. The Labute approximate surface area is 148 Å². The van der Waals surface area contributed by atoms with Gasteiger partial charge in [-0.15, -0.1) is 11.3 Å². The van der Waals surface area contributed by atoms with E-state index >= 15 is 0 Å². The molecule has 2 aromatic rings. The fraction of sp³-hybridized carbons (Fsp3) is 0.588. The summed E-state index contributed by atoms with van der Waals surface area (Å²) in [7, 11) is 1.97. The van der Waals surface area contributed by atoms with Crippen molar-refractivity contribution in [3.05, 3.63) is 33.0 Å². The minimum Gasteiger partial charge on any atom is -0.357 e. The molecule has 0 radical (unpaired) electrons. The monoisotopic (exact) mass is 348 g/mol. The van der Waals surface area contributed by atoms with Gasteiger partial charge in [-0.1, -0.05) is 0 Å². The van der Waals surface area contributed by atoms with Crippen molar-refractivity contribution in [3.63, 3.8) is 0 Å². The Morgan fingerprint density at radius 3 is 2.67 bits per heavy atom. The molecule has 132 valence electrons. The van der Waals surface area contributed by atoms with E-state index in [-0.39, 0.29) is 0 Å². The van der Waals surface area contributed by atoms with Gasteiger partial charge in [-0.05, 0) is 34.1 Å². The Morgan fingerprint density at radius 2 is 2.08 bits per heavy atom. The van der Waals surface area contributed by atoms with Crippen molar-refractivity contribution in [2.24, 2.45) is 12.0 Å². The van der Waals surface area contributed by atoms with Crippen LogP contribution in [0.4, 0.5) is 0 Å². The second-order valence-corrected chi connectivity index (χ2v) is 6.82. The zero-order valence-corrected chi connectivity index (χ0v) is 16.1. The van der Waals surface area contributed by atoms with Crippen molar-refractivity contribution in [1.29, 1.82) is 0 Å². The smallest absolute Gasteiger partial charge is 0.191 e. The summed E-state index contributed by atoms with van der Waals surface area (Å²) in [6.45, 7) is 10.6. The molecule has 0 saturated carbocycles. The van der Waals surface area contributed by atoms with E-state index in [1.807, 2.05) is 25.6 Å². The van der Waals surface area contributed by atoms with Crippen molar-refractivity contribution < 1.29 is 0 Å². The first-order valence-electron chi connectivity index (χ1n) is 8.43. The number of hydrogen-bond donors (Lipinski definition) is 2. The van der Waals surface area contributed by atoms with Gasteiger partial charge in [0.2, 0.25) is 0 Å². The van der Waals surface area contributed by atoms with Crippen LogP contribution in [0.1, 0.15) is 41.0 Å². The number of hydrogen-bond acceptors (Lipinski definition) is 4. The quantitative estimate of drug-likeness (QED) is 0.458. The first kappa shape index (κ1) is 18.4. The molecule has 0 unspecified atom stereocenters. The zero-order chi connectivity index (χ0) is 17.5. The van der Waals surface area contributed by atoms with E-state index in [1.165, 1.54) is 16.3 Å². The lowest BCUT2D eigenvalue weighted by atomic mass is 10.2. The lowest BCUT2D eigenvalue weighted by Crippen LogP contribution is -2.37. The molecule has 7 heteroatoms. The number of rotatable bonds is 7. The minimum absolute atomic E-state index is 0.645. The molecule has 0 saturated heterocycles. The first-order chi connectivity index (χ1) is 11.5. The summed E-state index contributed by atoms with van der Waals surface area (Å²) in [4.78, 5) is 9.19. The fourth-order valence-electron chi connectivity index (χ4n) is 2.51. The van der Waals surface area contributed by atoms with Crippen LogP contribution in [0.2, 0.25) is 0 Å². The van der Waals surface area contributed by atoms with Gasteiger partial charge in [-0.25, -0.2) is 9.98 Å². The van der Waals surface area contributed by atoms with Crippen LogP contribution in [0.5, 0.6) is 0 Å². The summed E-state index contributed by atoms with van der Waals surface area (Å²) < 4.78 is 1.91. The van der Waals surface area contributed by atoms with Crippen LogP contribution in [0.3, 0.4) is 0 Å². The number of nitrogens with one attached hydrogen (secondary N) is 2. The van der Waals surface area contributed by atoms with E-state index < -0.39 is 0 Å². The van der Waals surface area contributed by atoms with Crippen molar-refractivity contribution >= 4 is 17.3 Å². The maximum Gasteiger partial charge on any atom is 0.191 e. The van der Waals surface area contributed by atoms with E-state index in [0.717, 1.165) is 43.3 Å². The van der Waals surface area contributed by atoms with E-state index in [0.29, 0.717) is 6.54 Å². The SMILES string of the molecule is CCNC(=NCc1c(C)nn(C)c1C)NCCCc1nc(C)cs1. The first-order valence-corrected chi connectivity index (χ1v) is 9.31. The highest BCUT2D eigenvalue weighted by atomic mass is 32.1. The summed E-state index contributed by atoms with van der Waals surface area (Å²) in [6, 6.07) is 0. The molecule has 2 N–H and O–H groups in total. The zero-order valence-electron chi connectivity index (χ0n) is 15.3. The van der Waals surface area contributed by atoms with Crippen LogP contribution < -0.4 is 10.6 Å². The minimum atomic E-state index is 0.645. The van der Waals surface area contributed by atoms with E-state index in [9.17, 15) is 0 Å². The molecule has 6 nitrogen and oxygen atoms in total. The molecule has 0 atom stereocenters. The number of thiazole rings is 1. The number of aliphatic imine (C=N–C) groups is 1. The molecule has 0 aliphatic rings. The van der Waals surface area contributed by atoms with Gasteiger partial charge in [0.1, 0.15) is 0 Å². The number of aryl methyl sites for hydroxylation is 4. The molecule has 2 heterocycles. The summed E-state index contributed by atoms with van der Waals surface area (Å²) in [5.41, 5.74) is 4.54. The Morgan fingerprint density at radius 1 is 1.29 bits per heavy atom. The van der Waals surface area contributed by atoms with Gasteiger partial charge < -0.3 is 10.6 Å². The van der Waals surface area contributed by atoms with Crippen LogP contribution in [0.15, 0.2) is 10.4 Å². The van der Waals surface area contributed by atoms with Gasteiger partial charge >= 0.3 is 0 Å². The standard InChI is InChI=1S/C17H28N6S/c1-6-18-17(19-9-7-8-16-21-12(2)11-24-16)20-10-15-13(3)22-23(5)14(15)4/h11H,6-10H2,1-5H3,(H2,18,19,20). The highest BCUT2D eigenvalue weighted by molar-refractivity contribution is 7.09. The molecule has 0 bridgehead atoms. The highest BCUT2D eigenvalue weighted by Gasteiger charge is 2.09. The molecule has 0 aliphatic carbocycles. The van der Waals surface area contributed by atoms with Crippen molar-refractivity contribution in [2.45, 2.75) is 47.1 Å². The second kappa shape index (κ2) is 8.82. The third-order valence-electron chi connectivity index (χ3n) is 3.92. The van der Waals surface area contributed by atoms with Crippen molar-refractivity contribution in [2.75, 3.05) is 13.1 Å². The molecule has 24 heavy (non-hydrogen) atoms. The topological polar surface area (TPSA) is 67.1 Å². The lowest BCUT2D eigenvalue weighted by Gasteiger charge is -2.11. The highest BCUT2D eigenvalue weighted by Crippen LogP contribution is 2.13. The predicted molar refractivity (Wildman–Crippen MR) is 101 cm³/mol. The van der Waals surface area contributed by atoms with E-state index in [2.05, 4.69) is 39.9 Å². The molecule has 0 aliphatic heterocycles. The number of nitrogens with zero attached hydrogens (tertiary/aromatic N) is 4. The average Bonchev–Trinajstić information content (AvgIpc) is 3.06. The van der Waals surface area contributed by atoms with Crippen LogP contribution >= 0.6 is 11.3 Å². The molecule has 0 aromatic carbocycles. The van der Waals surface area contributed by atoms with E-state index in [4.69, 9.17) is 4.99 Å². The number of aromatic nitrogens is 3. The maximum atomic E-state index is 4.70. The Hall–Kier alpha value is -1.89. The van der Waals surface area contributed by atoms with Crippen molar-refractivity contribution in [1.82, 2.24) is 25.4 Å². The molecule has 2 aromatic heterocycles. The normalized spacial score (nSPS) is 11.8. The molecular formula is C17H28N6S. The van der Waals surface area contributed by atoms with Gasteiger partial charge in [-0.2, -0.15) is 5.10 Å². The van der Waals surface area contributed by atoms with E-state index in [1.54, 1.807) is 11.3 Å². The van der Waals surface area contributed by atoms with Crippen LogP contribution in [0, 0.1) is 20.8 Å². The maximum absolute atomic E-state index is 4.70. The van der Waals surface area contributed by atoms with Crippen LogP contribution in [-0.4, -0.2) is 33.8 Å². The van der Waals surface area contributed by atoms with Crippen LogP contribution in [0.25, 0.3) is 0 Å². The summed E-state index contributed by atoms with van der Waals surface area (Å²) >= 11 is 1.74. The third-order valence-corrected chi connectivity index (χ3v) is 4.95. The average molecular weight is 349 g/mol. The molecule has 2 rings (SSSR count). The summed E-state index contributed by atoms with van der Waals surface area (Å²) in [5, 5.41) is 14.5. The molecule has 0 spiro atoms. The largest absolute Gasteiger partial charge is 0.357 e. The Bertz CT molecular complexity index is 685. The van der Waals surface area contributed by atoms with Gasteiger partial charge in [0, 0.05) is 48.9 Å². The van der Waals surface area contributed by atoms with Gasteiger partial charge in [0.25, 0.3) is 0 Å². The predicted octanol–water partition coefficient (Wildman–Crippen LogP) is 2.49. The Kier molecular flexibility index (Phi) is 6.78. The lowest BCUT2D eigenvalue weighted by molar-refractivity contribution is 0.729. The van der Waals surface area contributed by atoms with Gasteiger partial charge in [-0.3, -0.25) is 4.68 Å². The fourth-order valence-corrected chi connectivity index (χ4v) is 3.33. The molecule has 0 amide bonds. The molecule has 0 fully saturated rings. The van der Waals surface area contributed by atoms with Crippen LogP contribution in [-0.2, 0) is 20.0 Å². The summed E-state index contributed by atoms with van der Waals surface area (Å²) in [6.07, 6.45) is 2.05. The van der Waals surface area contributed by atoms with Gasteiger partial charge in [0.15, 0.2) is 5.96 Å². The van der Waals surface area contributed by atoms with Gasteiger partial charge in [0.05, 0.1) is 17.2 Å². The third kappa shape index (κ3) is 5.06.